The molecule has 1 fully saturated rings. The SMILES string of the molecule is CC(C)(C)[Si](C)(C)O[C@@H]1C[C@H](F)CN(Cc2ccccc2)C1. The van der Waals surface area contributed by atoms with Crippen molar-refractivity contribution in [2.24, 2.45) is 0 Å². The van der Waals surface area contributed by atoms with E-state index in [4.69, 9.17) is 4.43 Å². The fourth-order valence-electron chi connectivity index (χ4n) is 2.73. The molecule has 1 heterocycles. The number of alkyl halides is 1. The highest BCUT2D eigenvalue weighted by atomic mass is 28.4. The van der Waals surface area contributed by atoms with Crippen molar-refractivity contribution in [1.29, 1.82) is 0 Å². The lowest BCUT2D eigenvalue weighted by Gasteiger charge is -2.43. The van der Waals surface area contributed by atoms with Gasteiger partial charge in [-0.3, -0.25) is 4.90 Å². The van der Waals surface area contributed by atoms with Gasteiger partial charge in [0.15, 0.2) is 8.32 Å². The lowest BCUT2D eigenvalue weighted by molar-refractivity contribution is 0.0291. The first-order valence-electron chi connectivity index (χ1n) is 8.25. The van der Waals surface area contributed by atoms with Crippen LogP contribution in [0.4, 0.5) is 4.39 Å². The predicted molar refractivity (Wildman–Crippen MR) is 93.3 cm³/mol. The van der Waals surface area contributed by atoms with Crippen LogP contribution in [0.2, 0.25) is 18.1 Å². The first-order valence-corrected chi connectivity index (χ1v) is 11.2. The van der Waals surface area contributed by atoms with Crippen LogP contribution in [0.3, 0.4) is 0 Å². The predicted octanol–water partition coefficient (Wildman–Crippen LogP) is 4.62. The maximum atomic E-state index is 14.2. The zero-order valence-corrected chi connectivity index (χ0v) is 15.6. The molecular formula is C18H30FNOSi. The van der Waals surface area contributed by atoms with Crippen molar-refractivity contribution in [2.45, 2.75) is 64.1 Å². The first-order chi connectivity index (χ1) is 10.2. The van der Waals surface area contributed by atoms with Gasteiger partial charge in [-0.1, -0.05) is 51.1 Å². The van der Waals surface area contributed by atoms with Crippen LogP contribution in [0.15, 0.2) is 30.3 Å². The maximum Gasteiger partial charge on any atom is 0.192 e. The summed E-state index contributed by atoms with van der Waals surface area (Å²) in [5.74, 6) is 0. The largest absolute Gasteiger partial charge is 0.413 e. The van der Waals surface area contributed by atoms with E-state index in [-0.39, 0.29) is 11.1 Å². The summed E-state index contributed by atoms with van der Waals surface area (Å²) < 4.78 is 20.6. The van der Waals surface area contributed by atoms with Gasteiger partial charge in [-0.15, -0.1) is 0 Å². The van der Waals surface area contributed by atoms with Crippen LogP contribution < -0.4 is 0 Å². The lowest BCUT2D eigenvalue weighted by Crippen LogP contribution is -2.51. The van der Waals surface area contributed by atoms with Crippen molar-refractivity contribution in [3.63, 3.8) is 0 Å². The summed E-state index contributed by atoms with van der Waals surface area (Å²) in [6, 6.07) is 10.3. The molecule has 124 valence electrons. The normalized spacial score (nSPS) is 24.5. The van der Waals surface area contributed by atoms with Crippen LogP contribution in [-0.4, -0.2) is 38.6 Å². The number of halogens is 1. The standard InChI is InChI=1S/C18H30FNOSi/c1-18(2,3)22(4,5)21-17-11-16(19)13-20(14-17)12-15-9-7-6-8-10-15/h6-10,16-17H,11-14H2,1-5H3/t16-,17+/m0/s1. The molecule has 0 aromatic heterocycles. The van der Waals surface area contributed by atoms with Gasteiger partial charge in [0, 0.05) is 26.1 Å². The van der Waals surface area contributed by atoms with Crippen LogP contribution in [0.5, 0.6) is 0 Å². The fraction of sp³-hybridized carbons (Fsp3) is 0.667. The van der Waals surface area contributed by atoms with E-state index >= 15 is 0 Å². The average molecular weight is 324 g/mol. The molecule has 1 aliphatic heterocycles. The zero-order valence-electron chi connectivity index (χ0n) is 14.6. The van der Waals surface area contributed by atoms with E-state index in [1.165, 1.54) is 5.56 Å². The van der Waals surface area contributed by atoms with E-state index < -0.39 is 14.5 Å². The van der Waals surface area contributed by atoms with Crippen LogP contribution >= 0.6 is 0 Å². The Morgan fingerprint density at radius 1 is 1.18 bits per heavy atom. The minimum atomic E-state index is -1.84. The molecular weight excluding hydrogens is 293 g/mol. The Morgan fingerprint density at radius 3 is 2.41 bits per heavy atom. The van der Waals surface area contributed by atoms with E-state index in [9.17, 15) is 4.39 Å². The van der Waals surface area contributed by atoms with Gasteiger partial charge < -0.3 is 4.43 Å². The third-order valence-electron chi connectivity index (χ3n) is 4.95. The Kier molecular flexibility index (Phi) is 5.46. The minimum absolute atomic E-state index is 0.0216. The van der Waals surface area contributed by atoms with Crippen LogP contribution in [0, 0.1) is 0 Å². The summed E-state index contributed by atoms with van der Waals surface area (Å²) in [6.45, 7) is 13.4. The summed E-state index contributed by atoms with van der Waals surface area (Å²) in [4.78, 5) is 2.20. The maximum absolute atomic E-state index is 14.2. The number of rotatable bonds is 4. The van der Waals surface area contributed by atoms with Gasteiger partial charge >= 0.3 is 0 Å². The third-order valence-corrected chi connectivity index (χ3v) is 9.49. The van der Waals surface area contributed by atoms with Crippen molar-refractivity contribution in [3.05, 3.63) is 35.9 Å². The molecule has 0 radical (unpaired) electrons. The Balaban J connectivity index is 1.99. The summed E-state index contributed by atoms with van der Waals surface area (Å²) in [5, 5.41) is 0.167. The highest BCUT2D eigenvalue weighted by molar-refractivity contribution is 6.74. The second kappa shape index (κ2) is 6.81. The van der Waals surface area contributed by atoms with Crippen LogP contribution in [-0.2, 0) is 11.0 Å². The zero-order chi connectivity index (χ0) is 16.4. The molecule has 0 amide bonds. The average Bonchev–Trinajstić information content (AvgIpc) is 2.37. The summed E-state index contributed by atoms with van der Waals surface area (Å²) in [7, 11) is -1.84. The van der Waals surface area contributed by atoms with Crippen molar-refractivity contribution >= 4 is 8.32 Å². The van der Waals surface area contributed by atoms with Crippen LogP contribution in [0.25, 0.3) is 0 Å². The molecule has 2 nitrogen and oxygen atoms in total. The molecule has 4 heteroatoms. The van der Waals surface area contributed by atoms with Gasteiger partial charge in [-0.05, 0) is 23.7 Å². The van der Waals surface area contributed by atoms with Crippen LogP contribution in [0.1, 0.15) is 32.8 Å². The van der Waals surface area contributed by atoms with Crippen molar-refractivity contribution in [3.8, 4) is 0 Å². The molecule has 1 aromatic rings. The number of piperidine rings is 1. The van der Waals surface area contributed by atoms with E-state index in [1.54, 1.807) is 0 Å². The van der Waals surface area contributed by atoms with E-state index in [2.05, 4.69) is 50.9 Å². The highest BCUT2D eigenvalue weighted by Crippen LogP contribution is 2.38. The lowest BCUT2D eigenvalue weighted by atomic mass is 10.1. The summed E-state index contributed by atoms with van der Waals surface area (Å²) in [5.41, 5.74) is 1.24. The first kappa shape index (κ1) is 17.6. The molecule has 0 bridgehead atoms. The van der Waals surface area contributed by atoms with Gasteiger partial charge in [-0.2, -0.15) is 0 Å². The number of likely N-dealkylation sites (tertiary alicyclic amines) is 1. The Hall–Kier alpha value is -0.713. The minimum Gasteiger partial charge on any atom is -0.413 e. The third kappa shape index (κ3) is 4.64. The summed E-state index contributed by atoms with van der Waals surface area (Å²) >= 11 is 0. The van der Waals surface area contributed by atoms with Crippen molar-refractivity contribution < 1.29 is 8.82 Å². The van der Waals surface area contributed by atoms with Gasteiger partial charge in [0.25, 0.3) is 0 Å². The van der Waals surface area contributed by atoms with Crippen molar-refractivity contribution in [2.75, 3.05) is 13.1 Å². The van der Waals surface area contributed by atoms with E-state index in [0.29, 0.717) is 13.0 Å². The molecule has 0 unspecified atom stereocenters. The monoisotopic (exact) mass is 323 g/mol. The molecule has 0 spiro atoms. The van der Waals surface area contributed by atoms with Gasteiger partial charge in [-0.25, -0.2) is 4.39 Å². The number of hydrogen-bond donors (Lipinski definition) is 0. The van der Waals surface area contributed by atoms with E-state index in [0.717, 1.165) is 13.1 Å². The molecule has 22 heavy (non-hydrogen) atoms. The molecule has 0 N–H and O–H groups in total. The second-order valence-electron chi connectivity index (χ2n) is 8.01. The molecule has 0 saturated carbocycles. The van der Waals surface area contributed by atoms with E-state index in [1.807, 2.05) is 18.2 Å². The molecule has 1 saturated heterocycles. The number of nitrogens with zero attached hydrogens (tertiary/aromatic N) is 1. The second-order valence-corrected chi connectivity index (χ2v) is 12.8. The quantitative estimate of drug-likeness (QED) is 0.750. The fourth-order valence-corrected chi connectivity index (χ4v) is 4.08. The summed E-state index contributed by atoms with van der Waals surface area (Å²) in [6.07, 6.45) is -0.224. The topological polar surface area (TPSA) is 12.5 Å². The Bertz CT molecular complexity index is 472. The smallest absolute Gasteiger partial charge is 0.192 e. The van der Waals surface area contributed by atoms with Gasteiger partial charge in [0.1, 0.15) is 6.17 Å². The number of benzene rings is 1. The van der Waals surface area contributed by atoms with Gasteiger partial charge in [0.2, 0.25) is 0 Å². The molecule has 1 aliphatic rings. The van der Waals surface area contributed by atoms with Gasteiger partial charge in [0.05, 0.1) is 6.10 Å². The highest BCUT2D eigenvalue weighted by Gasteiger charge is 2.41. The Morgan fingerprint density at radius 2 is 1.82 bits per heavy atom. The Labute approximate surface area is 135 Å². The number of hydrogen-bond acceptors (Lipinski definition) is 2. The molecule has 2 atom stereocenters. The van der Waals surface area contributed by atoms with Crippen molar-refractivity contribution in [1.82, 2.24) is 4.90 Å². The molecule has 1 aromatic carbocycles. The molecule has 2 rings (SSSR count). The molecule has 0 aliphatic carbocycles.